The molecule has 0 atom stereocenters. The number of amidine groups is 1. The van der Waals surface area contributed by atoms with Crippen LogP contribution in [0.3, 0.4) is 0 Å². The third kappa shape index (κ3) is 9.51. The number of nitrogens with one attached hydrogen (secondary N) is 1. The number of fused-ring (bicyclic) bond motifs is 1. The van der Waals surface area contributed by atoms with Gasteiger partial charge in [0.15, 0.2) is 16.7 Å². The number of carbonyl (C=O) groups is 3. The lowest BCUT2D eigenvalue weighted by Crippen LogP contribution is -2.42. The Morgan fingerprint density at radius 2 is 1.60 bits per heavy atom. The number of ether oxygens (including phenoxy) is 2. The van der Waals surface area contributed by atoms with Crippen LogP contribution in [0.2, 0.25) is 0 Å². The predicted molar refractivity (Wildman–Crippen MR) is 230 cm³/mol. The lowest BCUT2D eigenvalue weighted by molar-refractivity contribution is -0.126. The highest BCUT2D eigenvalue weighted by atomic mass is 127. The Balaban J connectivity index is 1.24. The highest BCUT2D eigenvalue weighted by Crippen LogP contribution is 2.36. The van der Waals surface area contributed by atoms with Gasteiger partial charge in [0.05, 0.1) is 22.5 Å². The molecule has 0 saturated carbocycles. The van der Waals surface area contributed by atoms with Gasteiger partial charge in [-0.25, -0.2) is 0 Å². The van der Waals surface area contributed by atoms with Gasteiger partial charge in [-0.2, -0.15) is 4.99 Å². The molecule has 0 fully saturated rings. The van der Waals surface area contributed by atoms with Crippen molar-refractivity contribution in [2.45, 2.75) is 19.6 Å². The standard InChI is InChI=1S/C45H38IN3O5S/c1-4-6-21-36(5-2)49-44(52)37(25-31-26-38(46)42(39(27-31)53-3)54-28-30-22-23-32-15-13-14-20-35(32)24-30)43(51)48-45(49)55-29-40(50)47-41(33-16-9-7-10-17-33)34-18-11-8-12-19-34/h4-27,41H,1,28-29H2,2-3H3,(H,47,50)/b21-6-,36-5+,37-25+. The first-order valence-corrected chi connectivity index (χ1v) is 19.5. The number of hydrogen-bond donors (Lipinski definition) is 1. The molecular weight excluding hydrogens is 821 g/mol. The average molecular weight is 860 g/mol. The minimum atomic E-state index is -0.718. The first kappa shape index (κ1) is 39.0. The zero-order chi connectivity index (χ0) is 38.7. The summed E-state index contributed by atoms with van der Waals surface area (Å²) in [7, 11) is 1.54. The number of nitrogens with zero attached hydrogens (tertiary/aromatic N) is 2. The van der Waals surface area contributed by atoms with Crippen molar-refractivity contribution in [3.05, 3.63) is 183 Å². The van der Waals surface area contributed by atoms with E-state index in [1.54, 1.807) is 44.4 Å². The lowest BCUT2D eigenvalue weighted by atomic mass is 9.99. The lowest BCUT2D eigenvalue weighted by Gasteiger charge is -2.28. The molecule has 0 aliphatic carbocycles. The maximum Gasteiger partial charge on any atom is 0.285 e. The van der Waals surface area contributed by atoms with Crippen molar-refractivity contribution in [1.29, 1.82) is 0 Å². The molecule has 1 N–H and O–H groups in total. The maximum absolute atomic E-state index is 14.2. The van der Waals surface area contributed by atoms with E-state index in [9.17, 15) is 14.4 Å². The van der Waals surface area contributed by atoms with Gasteiger partial charge < -0.3 is 14.8 Å². The van der Waals surface area contributed by atoms with Crippen LogP contribution in [-0.2, 0) is 21.0 Å². The summed E-state index contributed by atoms with van der Waals surface area (Å²) >= 11 is 3.17. The average Bonchev–Trinajstić information content (AvgIpc) is 3.21. The molecule has 0 unspecified atom stereocenters. The first-order valence-electron chi connectivity index (χ1n) is 17.4. The molecule has 1 heterocycles. The number of amides is 3. The number of rotatable bonds is 13. The Bertz CT molecular complexity index is 2320. The second kappa shape index (κ2) is 18.5. The molecule has 55 heavy (non-hydrogen) atoms. The third-order valence-corrected chi connectivity index (χ3v) is 10.4. The number of halogens is 1. The number of hydrogen-bond acceptors (Lipinski definition) is 6. The summed E-state index contributed by atoms with van der Waals surface area (Å²) in [4.78, 5) is 47.0. The van der Waals surface area contributed by atoms with E-state index in [0.717, 1.165) is 42.8 Å². The molecular formula is C45H38IN3O5S. The van der Waals surface area contributed by atoms with Gasteiger partial charge in [0.25, 0.3) is 11.8 Å². The number of carbonyl (C=O) groups excluding carboxylic acids is 3. The quantitative estimate of drug-likeness (QED) is 0.0549. The zero-order valence-corrected chi connectivity index (χ0v) is 33.3. The minimum absolute atomic E-state index is 0.0877. The molecule has 0 radical (unpaired) electrons. The number of aliphatic imine (C=N–C) groups is 1. The Kier molecular flexibility index (Phi) is 13.1. The van der Waals surface area contributed by atoms with Crippen LogP contribution in [0, 0.1) is 3.57 Å². The number of allylic oxidation sites excluding steroid dienone is 4. The van der Waals surface area contributed by atoms with Crippen LogP contribution < -0.4 is 14.8 Å². The van der Waals surface area contributed by atoms with Crippen LogP contribution in [0.5, 0.6) is 11.5 Å². The summed E-state index contributed by atoms with van der Waals surface area (Å²) in [5.41, 5.74) is 3.72. The molecule has 0 aromatic heterocycles. The van der Waals surface area contributed by atoms with Gasteiger partial charge in [0.2, 0.25) is 5.91 Å². The van der Waals surface area contributed by atoms with Crippen molar-refractivity contribution in [2.75, 3.05) is 12.9 Å². The molecule has 6 rings (SSSR count). The molecule has 10 heteroatoms. The molecule has 1 aliphatic heterocycles. The summed E-state index contributed by atoms with van der Waals surface area (Å²) < 4.78 is 12.7. The van der Waals surface area contributed by atoms with Crippen molar-refractivity contribution in [3.8, 4) is 11.5 Å². The van der Waals surface area contributed by atoms with E-state index in [2.05, 4.69) is 63.7 Å². The number of benzene rings is 5. The molecule has 5 aromatic carbocycles. The Morgan fingerprint density at radius 3 is 2.25 bits per heavy atom. The molecule has 0 saturated heterocycles. The highest BCUT2D eigenvalue weighted by molar-refractivity contribution is 14.1. The molecule has 5 aromatic rings. The number of methoxy groups -OCH3 is 1. The summed E-state index contributed by atoms with van der Waals surface area (Å²) in [6, 6.07) is 36.8. The summed E-state index contributed by atoms with van der Waals surface area (Å²) in [6.45, 7) is 5.85. The normalized spacial score (nSPS) is 14.1. The third-order valence-electron chi connectivity index (χ3n) is 8.67. The van der Waals surface area contributed by atoms with E-state index in [1.165, 1.54) is 11.0 Å². The molecule has 276 valence electrons. The van der Waals surface area contributed by atoms with E-state index in [0.29, 0.717) is 29.4 Å². The predicted octanol–water partition coefficient (Wildman–Crippen LogP) is 9.43. The molecule has 0 spiro atoms. The molecule has 3 amide bonds. The van der Waals surface area contributed by atoms with Gasteiger partial charge in [-0.1, -0.05) is 134 Å². The fourth-order valence-corrected chi connectivity index (χ4v) is 7.60. The van der Waals surface area contributed by atoms with Gasteiger partial charge in [0, 0.05) is 5.70 Å². The fraction of sp³-hybridized carbons (Fsp3) is 0.111. The summed E-state index contributed by atoms with van der Waals surface area (Å²) in [6.07, 6.45) is 8.20. The van der Waals surface area contributed by atoms with Crippen LogP contribution in [0.25, 0.3) is 16.8 Å². The Hall–Kier alpha value is -5.72. The van der Waals surface area contributed by atoms with Gasteiger partial charge in [0.1, 0.15) is 12.2 Å². The van der Waals surface area contributed by atoms with E-state index in [-0.39, 0.29) is 22.4 Å². The van der Waals surface area contributed by atoms with Crippen molar-refractivity contribution in [1.82, 2.24) is 10.2 Å². The minimum Gasteiger partial charge on any atom is -0.493 e. The van der Waals surface area contributed by atoms with Crippen molar-refractivity contribution in [2.24, 2.45) is 4.99 Å². The van der Waals surface area contributed by atoms with Gasteiger partial charge >= 0.3 is 0 Å². The van der Waals surface area contributed by atoms with E-state index in [1.807, 2.05) is 84.9 Å². The second-order valence-corrected chi connectivity index (χ2v) is 14.4. The van der Waals surface area contributed by atoms with Gasteiger partial charge in [-0.05, 0) is 92.9 Å². The Morgan fingerprint density at radius 1 is 0.927 bits per heavy atom. The summed E-state index contributed by atoms with van der Waals surface area (Å²) in [5, 5.41) is 5.47. The van der Waals surface area contributed by atoms with E-state index in [4.69, 9.17) is 9.47 Å². The molecule has 8 nitrogen and oxygen atoms in total. The van der Waals surface area contributed by atoms with E-state index >= 15 is 0 Å². The smallest absolute Gasteiger partial charge is 0.285 e. The Labute approximate surface area is 338 Å². The van der Waals surface area contributed by atoms with Crippen LogP contribution in [-0.4, -0.2) is 40.7 Å². The maximum atomic E-state index is 14.2. The van der Waals surface area contributed by atoms with Crippen LogP contribution >= 0.6 is 34.4 Å². The van der Waals surface area contributed by atoms with Crippen molar-refractivity contribution in [3.63, 3.8) is 0 Å². The monoisotopic (exact) mass is 859 g/mol. The van der Waals surface area contributed by atoms with Crippen LogP contribution in [0.15, 0.2) is 162 Å². The zero-order valence-electron chi connectivity index (χ0n) is 30.3. The van der Waals surface area contributed by atoms with Crippen molar-refractivity contribution < 1.29 is 23.9 Å². The largest absolute Gasteiger partial charge is 0.493 e. The van der Waals surface area contributed by atoms with Gasteiger partial charge in [-0.15, -0.1) is 0 Å². The molecule has 1 aliphatic rings. The van der Waals surface area contributed by atoms with Crippen LogP contribution in [0.4, 0.5) is 0 Å². The molecule has 0 bridgehead atoms. The topological polar surface area (TPSA) is 97.3 Å². The van der Waals surface area contributed by atoms with Crippen molar-refractivity contribution >= 4 is 74.1 Å². The number of thioether (sulfide) groups is 1. The summed E-state index contributed by atoms with van der Waals surface area (Å²) in [5.74, 6) is -0.691. The fourth-order valence-electron chi connectivity index (χ4n) is 6.01. The highest BCUT2D eigenvalue weighted by Gasteiger charge is 2.35. The first-order chi connectivity index (χ1) is 26.8. The SMILES string of the molecule is C=C/C=C\C(=C/C)N1C(=O)/C(=C/c2cc(I)c(OCc3ccc4ccccc4c3)c(OC)c2)C(=O)N=C1SCC(=O)NC(c1ccccc1)c1ccccc1. The van der Waals surface area contributed by atoms with Gasteiger partial charge in [-0.3, -0.25) is 19.3 Å². The van der Waals surface area contributed by atoms with Crippen LogP contribution in [0.1, 0.15) is 35.2 Å². The van der Waals surface area contributed by atoms with E-state index < -0.39 is 17.9 Å². The second-order valence-electron chi connectivity index (χ2n) is 12.3.